The zero-order valence-corrected chi connectivity index (χ0v) is 10.9. The van der Waals surface area contributed by atoms with Gasteiger partial charge in [-0.3, -0.25) is 4.98 Å². The van der Waals surface area contributed by atoms with Gasteiger partial charge in [-0.1, -0.05) is 20.8 Å². The molecule has 0 amide bonds. The van der Waals surface area contributed by atoms with Crippen molar-refractivity contribution in [1.82, 2.24) is 4.98 Å². The van der Waals surface area contributed by atoms with E-state index in [4.69, 9.17) is 4.74 Å². The maximum Gasteiger partial charge on any atom is 0.0791 e. The Hall–Kier alpha value is -1.09. The Balaban J connectivity index is 2.56. The highest BCUT2D eigenvalue weighted by Gasteiger charge is 2.23. The molecule has 90 valence electrons. The topological polar surface area (TPSA) is 34.1 Å². The zero-order chi connectivity index (χ0) is 12.2. The van der Waals surface area contributed by atoms with E-state index in [0.29, 0.717) is 0 Å². The average molecular weight is 222 g/mol. The van der Waals surface area contributed by atoms with Gasteiger partial charge in [-0.15, -0.1) is 0 Å². The molecule has 1 heterocycles. The lowest BCUT2D eigenvalue weighted by atomic mass is 9.89. The van der Waals surface area contributed by atoms with Crippen molar-refractivity contribution in [3.05, 3.63) is 24.0 Å². The van der Waals surface area contributed by atoms with Crippen molar-refractivity contribution in [2.45, 2.75) is 33.8 Å². The van der Waals surface area contributed by atoms with Crippen molar-refractivity contribution in [1.29, 1.82) is 0 Å². The number of anilines is 1. The van der Waals surface area contributed by atoms with Crippen molar-refractivity contribution < 1.29 is 4.74 Å². The van der Waals surface area contributed by atoms with Gasteiger partial charge in [-0.25, -0.2) is 0 Å². The van der Waals surface area contributed by atoms with Gasteiger partial charge in [0.05, 0.1) is 6.10 Å². The van der Waals surface area contributed by atoms with E-state index in [9.17, 15) is 0 Å². The lowest BCUT2D eigenvalue weighted by Crippen LogP contribution is -2.34. The standard InChI is InChI=1S/C13H22N2O/c1-10-8-11(6-7-14-10)15-9-12(16-5)13(2,3)4/h6-8,12H,9H2,1-5H3,(H,14,15). The van der Waals surface area contributed by atoms with Crippen LogP contribution in [-0.2, 0) is 4.74 Å². The molecule has 0 aliphatic carbocycles. The summed E-state index contributed by atoms with van der Waals surface area (Å²) in [4.78, 5) is 4.16. The Morgan fingerprint density at radius 3 is 2.62 bits per heavy atom. The molecular formula is C13H22N2O. The van der Waals surface area contributed by atoms with Crippen LogP contribution in [0.3, 0.4) is 0 Å². The highest BCUT2D eigenvalue weighted by Crippen LogP contribution is 2.22. The van der Waals surface area contributed by atoms with Crippen LogP contribution in [0.5, 0.6) is 0 Å². The predicted octanol–water partition coefficient (Wildman–Crippen LogP) is 2.86. The van der Waals surface area contributed by atoms with Crippen molar-refractivity contribution in [2.24, 2.45) is 5.41 Å². The molecule has 1 N–H and O–H groups in total. The lowest BCUT2D eigenvalue weighted by Gasteiger charge is -2.29. The van der Waals surface area contributed by atoms with Gasteiger partial charge in [-0.05, 0) is 24.5 Å². The molecule has 3 nitrogen and oxygen atoms in total. The van der Waals surface area contributed by atoms with Crippen LogP contribution in [-0.4, -0.2) is 24.7 Å². The number of aromatic nitrogens is 1. The minimum absolute atomic E-state index is 0.143. The molecule has 0 bridgehead atoms. The molecule has 0 spiro atoms. The van der Waals surface area contributed by atoms with E-state index in [0.717, 1.165) is 17.9 Å². The second kappa shape index (κ2) is 5.30. The number of nitrogens with one attached hydrogen (secondary N) is 1. The first-order valence-corrected chi connectivity index (χ1v) is 5.63. The van der Waals surface area contributed by atoms with Gasteiger partial charge in [0.1, 0.15) is 0 Å². The van der Waals surface area contributed by atoms with Crippen LogP contribution in [0, 0.1) is 12.3 Å². The van der Waals surface area contributed by atoms with E-state index in [1.54, 1.807) is 7.11 Å². The first kappa shape index (κ1) is 13.0. The van der Waals surface area contributed by atoms with Gasteiger partial charge in [-0.2, -0.15) is 0 Å². The Kier molecular flexibility index (Phi) is 4.30. The molecule has 0 aliphatic rings. The monoisotopic (exact) mass is 222 g/mol. The smallest absolute Gasteiger partial charge is 0.0791 e. The molecule has 0 saturated carbocycles. The summed E-state index contributed by atoms with van der Waals surface area (Å²) in [6.07, 6.45) is 2.01. The Morgan fingerprint density at radius 1 is 1.44 bits per heavy atom. The van der Waals surface area contributed by atoms with Crippen LogP contribution in [0.25, 0.3) is 0 Å². The van der Waals surface area contributed by atoms with Crippen LogP contribution in [0.15, 0.2) is 18.3 Å². The fraction of sp³-hybridized carbons (Fsp3) is 0.615. The SMILES string of the molecule is COC(CNc1ccnc(C)c1)C(C)(C)C. The number of rotatable bonds is 4. The van der Waals surface area contributed by atoms with Crippen LogP contribution >= 0.6 is 0 Å². The Morgan fingerprint density at radius 2 is 2.12 bits per heavy atom. The number of pyridine rings is 1. The molecule has 0 saturated heterocycles. The van der Waals surface area contributed by atoms with E-state index in [2.05, 4.69) is 31.1 Å². The second-order valence-electron chi connectivity index (χ2n) is 5.16. The molecule has 1 aromatic heterocycles. The summed E-state index contributed by atoms with van der Waals surface area (Å²) >= 11 is 0. The molecule has 1 aromatic rings. The Bertz CT molecular complexity index is 331. The van der Waals surface area contributed by atoms with E-state index in [1.165, 1.54) is 0 Å². The van der Waals surface area contributed by atoms with Gasteiger partial charge in [0.15, 0.2) is 0 Å². The molecular weight excluding hydrogens is 200 g/mol. The third-order valence-corrected chi connectivity index (χ3v) is 2.64. The summed E-state index contributed by atoms with van der Waals surface area (Å²) < 4.78 is 5.49. The predicted molar refractivity (Wildman–Crippen MR) is 67.7 cm³/mol. The van der Waals surface area contributed by atoms with Gasteiger partial charge in [0.25, 0.3) is 0 Å². The first-order valence-electron chi connectivity index (χ1n) is 5.63. The van der Waals surface area contributed by atoms with Gasteiger partial charge in [0.2, 0.25) is 0 Å². The molecule has 0 aromatic carbocycles. The van der Waals surface area contributed by atoms with Crippen LogP contribution < -0.4 is 5.32 Å². The largest absolute Gasteiger partial charge is 0.382 e. The third-order valence-electron chi connectivity index (χ3n) is 2.64. The normalized spacial score (nSPS) is 13.6. The summed E-state index contributed by atoms with van der Waals surface area (Å²) in [5, 5.41) is 3.38. The van der Waals surface area contributed by atoms with Crippen molar-refractivity contribution in [2.75, 3.05) is 19.0 Å². The Labute approximate surface area is 98.2 Å². The lowest BCUT2D eigenvalue weighted by molar-refractivity contribution is 0.0269. The van der Waals surface area contributed by atoms with Crippen molar-refractivity contribution in [3.63, 3.8) is 0 Å². The number of methoxy groups -OCH3 is 1. The molecule has 1 rings (SSSR count). The zero-order valence-electron chi connectivity index (χ0n) is 10.9. The maximum atomic E-state index is 5.49. The summed E-state index contributed by atoms with van der Waals surface area (Å²) in [5.74, 6) is 0. The van der Waals surface area contributed by atoms with Crippen LogP contribution in [0.1, 0.15) is 26.5 Å². The second-order valence-corrected chi connectivity index (χ2v) is 5.16. The highest BCUT2D eigenvalue weighted by atomic mass is 16.5. The summed E-state index contributed by atoms with van der Waals surface area (Å²) in [6, 6.07) is 4.01. The number of aryl methyl sites for hydroxylation is 1. The van der Waals surface area contributed by atoms with E-state index < -0.39 is 0 Å². The molecule has 0 aliphatic heterocycles. The first-order chi connectivity index (χ1) is 7.43. The van der Waals surface area contributed by atoms with E-state index in [1.807, 2.05) is 25.3 Å². The highest BCUT2D eigenvalue weighted by molar-refractivity contribution is 5.43. The molecule has 0 fully saturated rings. The summed E-state index contributed by atoms with van der Waals surface area (Å²) in [6.45, 7) is 9.34. The molecule has 1 atom stereocenters. The summed E-state index contributed by atoms with van der Waals surface area (Å²) in [5.41, 5.74) is 2.26. The summed E-state index contributed by atoms with van der Waals surface area (Å²) in [7, 11) is 1.76. The van der Waals surface area contributed by atoms with Gasteiger partial charge in [0, 0.05) is 31.2 Å². The van der Waals surface area contributed by atoms with Crippen molar-refractivity contribution in [3.8, 4) is 0 Å². The minimum atomic E-state index is 0.143. The average Bonchev–Trinajstić information content (AvgIpc) is 2.16. The number of hydrogen-bond acceptors (Lipinski definition) is 3. The molecule has 3 heteroatoms. The van der Waals surface area contributed by atoms with Crippen LogP contribution in [0.2, 0.25) is 0 Å². The third kappa shape index (κ3) is 3.81. The van der Waals surface area contributed by atoms with Crippen molar-refractivity contribution >= 4 is 5.69 Å². The minimum Gasteiger partial charge on any atom is -0.382 e. The van der Waals surface area contributed by atoms with Gasteiger partial charge >= 0.3 is 0 Å². The quantitative estimate of drug-likeness (QED) is 0.850. The number of nitrogens with zero attached hydrogens (tertiary/aromatic N) is 1. The molecule has 16 heavy (non-hydrogen) atoms. The molecule has 0 radical (unpaired) electrons. The number of hydrogen-bond donors (Lipinski definition) is 1. The maximum absolute atomic E-state index is 5.49. The van der Waals surface area contributed by atoms with Gasteiger partial charge < -0.3 is 10.1 Å². The van der Waals surface area contributed by atoms with E-state index in [-0.39, 0.29) is 11.5 Å². The van der Waals surface area contributed by atoms with E-state index >= 15 is 0 Å². The number of ether oxygens (including phenoxy) is 1. The fourth-order valence-electron chi connectivity index (χ4n) is 1.61. The molecule has 1 unspecified atom stereocenters. The fourth-order valence-corrected chi connectivity index (χ4v) is 1.61. The van der Waals surface area contributed by atoms with Crippen LogP contribution in [0.4, 0.5) is 5.69 Å².